The Bertz CT molecular complexity index is 581. The van der Waals surface area contributed by atoms with Gasteiger partial charge in [0.05, 0.1) is 13.2 Å². The minimum absolute atomic E-state index is 0.523. The lowest BCUT2D eigenvalue weighted by Crippen LogP contribution is -2.05. The van der Waals surface area contributed by atoms with Gasteiger partial charge in [-0.2, -0.15) is 0 Å². The first kappa shape index (κ1) is 16.2. The zero-order valence-electron chi connectivity index (χ0n) is 13.6. The van der Waals surface area contributed by atoms with E-state index >= 15 is 0 Å². The van der Waals surface area contributed by atoms with Crippen LogP contribution < -0.4 is 14.8 Å². The Hall–Kier alpha value is -2.16. The standard InChI is InChI=1S/C19H25NO2/c1-4-21-19-11-6-5-8-16(19)13-20-17-9-7-10-18(12-17)22-14-15(2)3/h5-12,15,20H,4,13-14H2,1-3H3. The number of benzene rings is 2. The fourth-order valence-electron chi connectivity index (χ4n) is 2.10. The van der Waals surface area contributed by atoms with Crippen LogP contribution in [0.1, 0.15) is 26.3 Å². The number of nitrogens with one attached hydrogen (secondary N) is 1. The van der Waals surface area contributed by atoms with Crippen molar-refractivity contribution in [3.8, 4) is 11.5 Å². The second-order valence-corrected chi connectivity index (χ2v) is 5.63. The predicted molar refractivity (Wildman–Crippen MR) is 91.7 cm³/mol. The van der Waals surface area contributed by atoms with Crippen LogP contribution in [0.15, 0.2) is 48.5 Å². The molecular formula is C19H25NO2. The number of ether oxygens (including phenoxy) is 2. The van der Waals surface area contributed by atoms with Crippen molar-refractivity contribution in [2.45, 2.75) is 27.3 Å². The number of hydrogen-bond acceptors (Lipinski definition) is 3. The maximum absolute atomic E-state index is 5.76. The van der Waals surface area contributed by atoms with E-state index in [9.17, 15) is 0 Å². The van der Waals surface area contributed by atoms with Crippen LogP contribution in [-0.2, 0) is 6.54 Å². The lowest BCUT2D eigenvalue weighted by atomic mass is 10.2. The molecule has 0 aromatic heterocycles. The quantitative estimate of drug-likeness (QED) is 0.764. The molecule has 0 heterocycles. The van der Waals surface area contributed by atoms with Gasteiger partial charge in [0.1, 0.15) is 11.5 Å². The van der Waals surface area contributed by atoms with E-state index < -0.39 is 0 Å². The summed E-state index contributed by atoms with van der Waals surface area (Å²) in [5, 5.41) is 3.43. The summed E-state index contributed by atoms with van der Waals surface area (Å²) in [6.07, 6.45) is 0. The normalized spacial score (nSPS) is 10.5. The van der Waals surface area contributed by atoms with Crippen molar-refractivity contribution in [2.75, 3.05) is 18.5 Å². The van der Waals surface area contributed by atoms with Gasteiger partial charge in [0.2, 0.25) is 0 Å². The Morgan fingerprint density at radius 1 is 1.00 bits per heavy atom. The SMILES string of the molecule is CCOc1ccccc1CNc1cccc(OCC(C)C)c1. The second-order valence-electron chi connectivity index (χ2n) is 5.63. The van der Waals surface area contributed by atoms with Crippen molar-refractivity contribution >= 4 is 5.69 Å². The van der Waals surface area contributed by atoms with Crippen molar-refractivity contribution in [1.82, 2.24) is 0 Å². The predicted octanol–water partition coefficient (Wildman–Crippen LogP) is 4.73. The molecule has 2 aromatic carbocycles. The molecule has 118 valence electrons. The molecule has 0 radical (unpaired) electrons. The molecule has 22 heavy (non-hydrogen) atoms. The molecule has 0 aliphatic heterocycles. The van der Waals surface area contributed by atoms with Gasteiger partial charge in [-0.05, 0) is 31.0 Å². The monoisotopic (exact) mass is 299 g/mol. The maximum atomic E-state index is 5.76. The summed E-state index contributed by atoms with van der Waals surface area (Å²) < 4.78 is 11.4. The molecule has 0 bridgehead atoms. The number of hydrogen-bond donors (Lipinski definition) is 1. The van der Waals surface area contributed by atoms with Gasteiger partial charge in [-0.1, -0.05) is 38.1 Å². The van der Waals surface area contributed by atoms with Crippen LogP contribution in [-0.4, -0.2) is 13.2 Å². The van der Waals surface area contributed by atoms with Crippen molar-refractivity contribution in [3.63, 3.8) is 0 Å². The van der Waals surface area contributed by atoms with E-state index in [4.69, 9.17) is 9.47 Å². The summed E-state index contributed by atoms with van der Waals surface area (Å²) >= 11 is 0. The number of rotatable bonds is 8. The zero-order chi connectivity index (χ0) is 15.8. The van der Waals surface area contributed by atoms with Crippen molar-refractivity contribution in [1.29, 1.82) is 0 Å². The van der Waals surface area contributed by atoms with E-state index in [1.807, 2.05) is 49.4 Å². The minimum atomic E-state index is 0.523. The third kappa shape index (κ3) is 4.99. The van der Waals surface area contributed by atoms with E-state index in [2.05, 4.69) is 25.2 Å². The lowest BCUT2D eigenvalue weighted by Gasteiger charge is -2.13. The lowest BCUT2D eigenvalue weighted by molar-refractivity contribution is 0.271. The Morgan fingerprint density at radius 2 is 1.82 bits per heavy atom. The highest BCUT2D eigenvalue weighted by atomic mass is 16.5. The molecule has 0 atom stereocenters. The van der Waals surface area contributed by atoms with Crippen LogP contribution in [0.25, 0.3) is 0 Å². The fourth-order valence-corrected chi connectivity index (χ4v) is 2.10. The van der Waals surface area contributed by atoms with E-state index in [0.717, 1.165) is 35.9 Å². The average Bonchev–Trinajstić information content (AvgIpc) is 2.53. The fraction of sp³-hybridized carbons (Fsp3) is 0.368. The first-order valence-electron chi connectivity index (χ1n) is 7.86. The van der Waals surface area contributed by atoms with Gasteiger partial charge in [-0.15, -0.1) is 0 Å². The average molecular weight is 299 g/mol. The highest BCUT2D eigenvalue weighted by Crippen LogP contribution is 2.22. The van der Waals surface area contributed by atoms with Crippen LogP contribution in [0.3, 0.4) is 0 Å². The highest BCUT2D eigenvalue weighted by Gasteiger charge is 2.03. The van der Waals surface area contributed by atoms with Crippen molar-refractivity contribution in [2.24, 2.45) is 5.92 Å². The molecule has 2 aromatic rings. The van der Waals surface area contributed by atoms with Crippen LogP contribution in [0.4, 0.5) is 5.69 Å². The molecule has 3 heteroatoms. The van der Waals surface area contributed by atoms with Crippen molar-refractivity contribution < 1.29 is 9.47 Å². The summed E-state index contributed by atoms with van der Waals surface area (Å²) in [4.78, 5) is 0. The summed E-state index contributed by atoms with van der Waals surface area (Å²) in [5.41, 5.74) is 2.20. The second kappa shape index (κ2) is 8.32. The molecule has 0 aliphatic rings. The van der Waals surface area contributed by atoms with Crippen molar-refractivity contribution in [3.05, 3.63) is 54.1 Å². The van der Waals surface area contributed by atoms with E-state index in [1.165, 1.54) is 0 Å². The summed E-state index contributed by atoms with van der Waals surface area (Å²) in [6.45, 7) is 8.43. The first-order chi connectivity index (χ1) is 10.7. The summed E-state index contributed by atoms with van der Waals surface area (Å²) in [5.74, 6) is 2.36. The third-order valence-corrected chi connectivity index (χ3v) is 3.17. The van der Waals surface area contributed by atoms with Crippen LogP contribution in [0.5, 0.6) is 11.5 Å². The van der Waals surface area contributed by atoms with Crippen LogP contribution in [0, 0.1) is 5.92 Å². The molecule has 0 aliphatic carbocycles. The molecule has 1 N–H and O–H groups in total. The third-order valence-electron chi connectivity index (χ3n) is 3.17. The molecule has 0 unspecified atom stereocenters. The van der Waals surface area contributed by atoms with Gasteiger partial charge >= 0.3 is 0 Å². The number of anilines is 1. The molecule has 0 amide bonds. The summed E-state index contributed by atoms with van der Waals surface area (Å²) in [7, 11) is 0. The molecule has 2 rings (SSSR count). The number of para-hydroxylation sites is 1. The van der Waals surface area contributed by atoms with Gasteiger partial charge in [-0.3, -0.25) is 0 Å². The van der Waals surface area contributed by atoms with Crippen LogP contribution in [0.2, 0.25) is 0 Å². The van der Waals surface area contributed by atoms with Gasteiger partial charge in [-0.25, -0.2) is 0 Å². The Labute approximate surface area is 133 Å². The summed E-state index contributed by atoms with van der Waals surface area (Å²) in [6, 6.07) is 16.2. The largest absolute Gasteiger partial charge is 0.494 e. The van der Waals surface area contributed by atoms with Gasteiger partial charge in [0.25, 0.3) is 0 Å². The maximum Gasteiger partial charge on any atom is 0.124 e. The molecular weight excluding hydrogens is 274 g/mol. The van der Waals surface area contributed by atoms with Gasteiger partial charge in [0, 0.05) is 23.9 Å². The minimum Gasteiger partial charge on any atom is -0.494 e. The van der Waals surface area contributed by atoms with E-state index in [1.54, 1.807) is 0 Å². The smallest absolute Gasteiger partial charge is 0.124 e. The molecule has 0 saturated heterocycles. The van der Waals surface area contributed by atoms with E-state index in [-0.39, 0.29) is 0 Å². The van der Waals surface area contributed by atoms with Crippen LogP contribution >= 0.6 is 0 Å². The topological polar surface area (TPSA) is 30.5 Å². The molecule has 0 saturated carbocycles. The van der Waals surface area contributed by atoms with Gasteiger partial charge in [0.15, 0.2) is 0 Å². The van der Waals surface area contributed by atoms with Gasteiger partial charge < -0.3 is 14.8 Å². The molecule has 0 spiro atoms. The highest BCUT2D eigenvalue weighted by molar-refractivity contribution is 5.49. The first-order valence-corrected chi connectivity index (χ1v) is 7.86. The molecule has 3 nitrogen and oxygen atoms in total. The zero-order valence-corrected chi connectivity index (χ0v) is 13.6. The van der Waals surface area contributed by atoms with E-state index in [0.29, 0.717) is 12.5 Å². The Morgan fingerprint density at radius 3 is 2.59 bits per heavy atom. The Balaban J connectivity index is 1.98. The molecule has 0 fully saturated rings. The Kier molecular flexibility index (Phi) is 6.13.